The first kappa shape index (κ1) is 15.4. The number of methoxy groups -OCH3 is 2. The van der Waals surface area contributed by atoms with Gasteiger partial charge in [0.05, 0.1) is 20.3 Å². The maximum absolute atomic E-state index is 6.22. The van der Waals surface area contributed by atoms with Crippen LogP contribution in [0, 0.1) is 5.92 Å². The summed E-state index contributed by atoms with van der Waals surface area (Å²) < 4.78 is 11.1. The van der Waals surface area contributed by atoms with Crippen molar-refractivity contribution in [3.8, 4) is 11.5 Å². The highest BCUT2D eigenvalue weighted by molar-refractivity contribution is 6.30. The van der Waals surface area contributed by atoms with Gasteiger partial charge in [-0.15, -0.1) is 0 Å². The van der Waals surface area contributed by atoms with Crippen molar-refractivity contribution >= 4 is 17.3 Å². The molecular formula is C20H20ClNO2. The minimum Gasteiger partial charge on any atom is -0.493 e. The third-order valence-corrected chi connectivity index (χ3v) is 5.33. The second-order valence-corrected chi connectivity index (χ2v) is 6.73. The van der Waals surface area contributed by atoms with E-state index in [1.165, 1.54) is 5.56 Å². The zero-order valence-corrected chi connectivity index (χ0v) is 14.5. The number of ether oxygens (including phenoxy) is 2. The minimum absolute atomic E-state index is 0.170. The van der Waals surface area contributed by atoms with Crippen LogP contribution in [0.5, 0.6) is 11.5 Å². The molecule has 0 radical (unpaired) electrons. The van der Waals surface area contributed by atoms with Crippen LogP contribution in [0.1, 0.15) is 29.5 Å². The van der Waals surface area contributed by atoms with Crippen molar-refractivity contribution in [3.05, 3.63) is 64.7 Å². The Morgan fingerprint density at radius 2 is 1.96 bits per heavy atom. The third kappa shape index (κ3) is 2.35. The molecule has 0 fully saturated rings. The molecule has 0 aromatic heterocycles. The Balaban J connectivity index is 1.82. The minimum atomic E-state index is 0.170. The fraction of sp³-hybridized carbons (Fsp3) is 0.300. The quantitative estimate of drug-likeness (QED) is 0.780. The van der Waals surface area contributed by atoms with Gasteiger partial charge < -0.3 is 14.8 Å². The van der Waals surface area contributed by atoms with Crippen LogP contribution in [0.3, 0.4) is 0 Å². The van der Waals surface area contributed by atoms with E-state index in [9.17, 15) is 0 Å². The Morgan fingerprint density at radius 1 is 1.08 bits per heavy atom. The fourth-order valence-corrected chi connectivity index (χ4v) is 4.21. The van der Waals surface area contributed by atoms with Crippen LogP contribution in [0.2, 0.25) is 5.02 Å². The summed E-state index contributed by atoms with van der Waals surface area (Å²) in [7, 11) is 3.37. The Morgan fingerprint density at radius 3 is 2.75 bits per heavy atom. The molecule has 4 rings (SSSR count). The molecule has 124 valence electrons. The van der Waals surface area contributed by atoms with Crippen molar-refractivity contribution in [3.63, 3.8) is 0 Å². The first-order valence-corrected chi connectivity index (χ1v) is 8.54. The zero-order chi connectivity index (χ0) is 16.7. The van der Waals surface area contributed by atoms with E-state index < -0.39 is 0 Å². The molecule has 1 N–H and O–H groups in total. The number of allylic oxidation sites excluding steroid dienone is 2. The Bertz CT molecular complexity index is 802. The lowest BCUT2D eigenvalue weighted by atomic mass is 9.77. The predicted octanol–water partition coefficient (Wildman–Crippen LogP) is 5.18. The highest BCUT2D eigenvalue weighted by Gasteiger charge is 2.39. The highest BCUT2D eigenvalue weighted by atomic mass is 35.5. The molecule has 24 heavy (non-hydrogen) atoms. The Hall–Kier alpha value is -2.13. The van der Waals surface area contributed by atoms with E-state index in [0.29, 0.717) is 11.8 Å². The number of rotatable bonds is 3. The molecule has 0 bridgehead atoms. The second-order valence-electron chi connectivity index (χ2n) is 6.29. The van der Waals surface area contributed by atoms with Crippen molar-refractivity contribution in [1.82, 2.24) is 0 Å². The van der Waals surface area contributed by atoms with Gasteiger partial charge in [-0.05, 0) is 42.2 Å². The monoisotopic (exact) mass is 341 g/mol. The van der Waals surface area contributed by atoms with Crippen molar-refractivity contribution in [1.29, 1.82) is 0 Å². The van der Waals surface area contributed by atoms with E-state index in [4.69, 9.17) is 21.1 Å². The molecule has 2 aromatic rings. The van der Waals surface area contributed by atoms with Crippen LogP contribution in [-0.2, 0) is 0 Å². The average molecular weight is 342 g/mol. The lowest BCUT2D eigenvalue weighted by Crippen LogP contribution is -2.29. The van der Waals surface area contributed by atoms with E-state index in [2.05, 4.69) is 35.7 Å². The lowest BCUT2D eigenvalue weighted by molar-refractivity contribution is 0.341. The fourth-order valence-electron chi connectivity index (χ4n) is 4.03. The third-order valence-electron chi connectivity index (χ3n) is 5.09. The molecule has 0 amide bonds. The summed E-state index contributed by atoms with van der Waals surface area (Å²) in [5.41, 5.74) is 3.55. The van der Waals surface area contributed by atoms with Crippen molar-refractivity contribution < 1.29 is 9.47 Å². The van der Waals surface area contributed by atoms with Gasteiger partial charge in [-0.1, -0.05) is 35.9 Å². The lowest BCUT2D eigenvalue weighted by Gasteiger charge is -2.38. The maximum atomic E-state index is 6.22. The Labute approximate surface area is 147 Å². The molecular weight excluding hydrogens is 322 g/mol. The van der Waals surface area contributed by atoms with Crippen molar-refractivity contribution in [2.45, 2.75) is 18.4 Å². The summed E-state index contributed by atoms with van der Waals surface area (Å²) >= 11 is 6.22. The SMILES string of the molecule is COc1cccc([C@@H]2Nc3ccc(Cl)cc3[C@@H]3C=CC[C@@H]32)c1OC. The van der Waals surface area contributed by atoms with Gasteiger partial charge in [0.2, 0.25) is 0 Å². The van der Waals surface area contributed by atoms with Crippen LogP contribution >= 0.6 is 11.6 Å². The number of hydrogen-bond acceptors (Lipinski definition) is 3. The summed E-state index contributed by atoms with van der Waals surface area (Å²) in [6.07, 6.45) is 5.61. The number of para-hydroxylation sites is 1. The van der Waals surface area contributed by atoms with Gasteiger partial charge in [0, 0.05) is 22.2 Å². The molecule has 2 aliphatic rings. The molecule has 1 aliphatic heterocycles. The largest absolute Gasteiger partial charge is 0.493 e. The zero-order valence-electron chi connectivity index (χ0n) is 13.8. The molecule has 0 spiro atoms. The Kier molecular flexibility index (Phi) is 3.89. The van der Waals surface area contributed by atoms with Gasteiger partial charge in [0.25, 0.3) is 0 Å². The van der Waals surface area contributed by atoms with Gasteiger partial charge in [-0.2, -0.15) is 0 Å². The molecule has 1 aliphatic carbocycles. The standard InChI is InChI=1S/C20H20ClNO2/c1-23-18-8-4-7-15(20(18)24-2)19-14-6-3-5-13(14)16-11-12(21)9-10-17(16)22-19/h3-5,7-11,13-14,19,22H,6H2,1-2H3/t13-,14+,19-/m1/s1. The molecule has 3 atom stereocenters. The topological polar surface area (TPSA) is 30.5 Å². The first-order valence-electron chi connectivity index (χ1n) is 8.16. The van der Waals surface area contributed by atoms with Gasteiger partial charge >= 0.3 is 0 Å². The second kappa shape index (κ2) is 6.06. The summed E-state index contributed by atoms with van der Waals surface area (Å²) in [6.45, 7) is 0. The van der Waals surface area contributed by atoms with Crippen molar-refractivity contribution in [2.75, 3.05) is 19.5 Å². The smallest absolute Gasteiger partial charge is 0.165 e. The van der Waals surface area contributed by atoms with Crippen LogP contribution in [0.4, 0.5) is 5.69 Å². The number of benzene rings is 2. The number of hydrogen-bond donors (Lipinski definition) is 1. The number of halogens is 1. The van der Waals surface area contributed by atoms with E-state index >= 15 is 0 Å². The molecule has 3 nitrogen and oxygen atoms in total. The van der Waals surface area contributed by atoms with E-state index in [0.717, 1.165) is 34.2 Å². The van der Waals surface area contributed by atoms with E-state index in [1.54, 1.807) is 14.2 Å². The van der Waals surface area contributed by atoms with Crippen LogP contribution < -0.4 is 14.8 Å². The average Bonchev–Trinajstić information content (AvgIpc) is 3.10. The van der Waals surface area contributed by atoms with Crippen molar-refractivity contribution in [2.24, 2.45) is 5.92 Å². The van der Waals surface area contributed by atoms with Gasteiger partial charge in [0.15, 0.2) is 11.5 Å². The molecule has 2 aromatic carbocycles. The van der Waals surface area contributed by atoms with E-state index in [1.807, 2.05) is 18.2 Å². The van der Waals surface area contributed by atoms with Gasteiger partial charge in [-0.3, -0.25) is 0 Å². The summed E-state index contributed by atoms with van der Waals surface area (Å²) in [5, 5.41) is 4.49. The van der Waals surface area contributed by atoms with Crippen LogP contribution in [0.15, 0.2) is 48.6 Å². The van der Waals surface area contributed by atoms with Gasteiger partial charge in [-0.25, -0.2) is 0 Å². The van der Waals surface area contributed by atoms with Crippen LogP contribution in [-0.4, -0.2) is 14.2 Å². The molecule has 4 heteroatoms. The number of fused-ring (bicyclic) bond motifs is 3. The normalized spacial score (nSPS) is 24.0. The predicted molar refractivity (Wildman–Crippen MR) is 97.3 cm³/mol. The van der Waals surface area contributed by atoms with Gasteiger partial charge in [0.1, 0.15) is 0 Å². The maximum Gasteiger partial charge on any atom is 0.165 e. The van der Waals surface area contributed by atoms with E-state index in [-0.39, 0.29) is 6.04 Å². The first-order chi connectivity index (χ1) is 11.7. The molecule has 0 saturated heterocycles. The summed E-state index contributed by atoms with van der Waals surface area (Å²) in [4.78, 5) is 0. The molecule has 0 saturated carbocycles. The summed E-state index contributed by atoms with van der Waals surface area (Å²) in [5.74, 6) is 2.39. The number of nitrogens with one attached hydrogen (secondary N) is 1. The summed E-state index contributed by atoms with van der Waals surface area (Å²) in [6, 6.07) is 12.3. The molecule has 0 unspecified atom stereocenters. The number of anilines is 1. The van der Waals surface area contributed by atoms with Crippen LogP contribution in [0.25, 0.3) is 0 Å². The highest BCUT2D eigenvalue weighted by Crippen LogP contribution is 2.52. The molecule has 1 heterocycles.